The minimum absolute atomic E-state index is 1.38. The highest BCUT2D eigenvalue weighted by Crippen LogP contribution is 2.21. The Morgan fingerprint density at radius 3 is 1.12 bits per heavy atom. The molecule has 50 valence electrons. The van der Waals surface area contributed by atoms with E-state index in [-0.39, 0.29) is 0 Å². The number of alkyl halides is 4. The molecule has 0 radical (unpaired) electrons. The Bertz CT molecular complexity index is 48.0. The molecule has 0 N–H and O–H groups in total. The summed E-state index contributed by atoms with van der Waals surface area (Å²) >= 11 is 1.38. The summed E-state index contributed by atoms with van der Waals surface area (Å²) < 4.78 is 30.8. The maximum absolute atomic E-state index is 10.3. The molecule has 0 nitrogen and oxygen atoms in total. The molecular formula is C4H6BrF3. The topological polar surface area (TPSA) is 0 Å². The minimum atomic E-state index is -4.19. The summed E-state index contributed by atoms with van der Waals surface area (Å²) in [7, 11) is 0. The average molecular weight is 191 g/mol. The maximum Gasteiger partial charge on any atom is 0.448 e. The zero-order chi connectivity index (χ0) is 6.62. The van der Waals surface area contributed by atoms with Crippen LogP contribution in [0.5, 0.6) is 0 Å². The van der Waals surface area contributed by atoms with E-state index in [0.717, 1.165) is 0 Å². The molecule has 0 aromatic carbocycles. The molecule has 1 aliphatic rings. The summed E-state index contributed by atoms with van der Waals surface area (Å²) in [5.74, 6) is 0. The lowest BCUT2D eigenvalue weighted by atomic mass is 11.0. The van der Waals surface area contributed by atoms with Crippen molar-refractivity contribution in [2.75, 3.05) is 0 Å². The van der Waals surface area contributed by atoms with Crippen molar-refractivity contribution in [3.63, 3.8) is 0 Å². The van der Waals surface area contributed by atoms with Crippen LogP contribution in [0, 0.1) is 0 Å². The predicted octanol–water partition coefficient (Wildman–Crippen LogP) is 3.07. The van der Waals surface area contributed by atoms with E-state index in [2.05, 4.69) is 0 Å². The third-order valence-corrected chi connectivity index (χ3v) is 0.354. The van der Waals surface area contributed by atoms with Crippen LogP contribution in [0.4, 0.5) is 13.2 Å². The highest BCUT2D eigenvalue weighted by Gasteiger charge is 2.19. The first-order valence-corrected chi connectivity index (χ1v) is 3.05. The minimum Gasteiger partial charge on any atom is -0.160 e. The average Bonchev–Trinajstić information content (AvgIpc) is 1.95. The maximum atomic E-state index is 10.3. The Morgan fingerprint density at radius 1 is 1.00 bits per heavy atom. The van der Waals surface area contributed by atoms with Crippen LogP contribution in [-0.2, 0) is 0 Å². The standard InChI is InChI=1S/C3H6.CBrF3/c1-2-3-1;2-1(3,4)5/h1-3H2;. The van der Waals surface area contributed by atoms with Gasteiger partial charge in [0.15, 0.2) is 0 Å². The number of rotatable bonds is 0. The molecule has 0 amide bonds. The molecule has 0 saturated heterocycles. The summed E-state index contributed by atoms with van der Waals surface area (Å²) in [5.41, 5.74) is 0. The van der Waals surface area contributed by atoms with Gasteiger partial charge in [0.2, 0.25) is 0 Å². The van der Waals surface area contributed by atoms with Gasteiger partial charge in [0.25, 0.3) is 0 Å². The number of hydrogen-bond donors (Lipinski definition) is 0. The van der Waals surface area contributed by atoms with Crippen LogP contribution in [0.25, 0.3) is 0 Å². The second-order valence-electron chi connectivity index (χ2n) is 1.49. The molecular weight excluding hydrogens is 185 g/mol. The first-order chi connectivity index (χ1) is 3.50. The summed E-state index contributed by atoms with van der Waals surface area (Å²) in [6, 6.07) is 0. The summed E-state index contributed by atoms with van der Waals surface area (Å²) in [5, 5.41) is -4.19. The fourth-order valence-electron chi connectivity index (χ4n) is 0. The van der Waals surface area contributed by atoms with Gasteiger partial charge in [-0.05, 0) is 0 Å². The number of halogens is 4. The second kappa shape index (κ2) is 3.33. The molecule has 0 spiro atoms. The highest BCUT2D eigenvalue weighted by atomic mass is 79.9. The lowest BCUT2D eigenvalue weighted by molar-refractivity contribution is -0.0245. The zero-order valence-electron chi connectivity index (χ0n) is 4.13. The van der Waals surface area contributed by atoms with E-state index in [1.54, 1.807) is 0 Å². The monoisotopic (exact) mass is 190 g/mol. The van der Waals surface area contributed by atoms with E-state index in [1.807, 2.05) is 0 Å². The Kier molecular flexibility index (Phi) is 3.44. The zero-order valence-corrected chi connectivity index (χ0v) is 5.72. The van der Waals surface area contributed by atoms with Gasteiger partial charge in [-0.15, -0.1) is 0 Å². The Balaban J connectivity index is 0.000000135. The van der Waals surface area contributed by atoms with Gasteiger partial charge in [-0.1, -0.05) is 19.3 Å². The first-order valence-electron chi connectivity index (χ1n) is 2.26. The summed E-state index contributed by atoms with van der Waals surface area (Å²) in [6.07, 6.45) is 4.50. The molecule has 1 aliphatic carbocycles. The quantitative estimate of drug-likeness (QED) is 0.516. The van der Waals surface area contributed by atoms with Crippen molar-refractivity contribution in [2.45, 2.75) is 24.3 Å². The van der Waals surface area contributed by atoms with Crippen molar-refractivity contribution < 1.29 is 13.2 Å². The third kappa shape index (κ3) is 108. The number of hydrogen-bond acceptors (Lipinski definition) is 0. The fourth-order valence-corrected chi connectivity index (χ4v) is 0. The SMILES string of the molecule is C1CC1.FC(F)(F)Br. The van der Waals surface area contributed by atoms with Gasteiger partial charge >= 0.3 is 5.09 Å². The lowest BCUT2D eigenvalue weighted by Crippen LogP contribution is -1.88. The van der Waals surface area contributed by atoms with Gasteiger partial charge in [0.05, 0.1) is 0 Å². The largest absolute Gasteiger partial charge is 0.448 e. The molecule has 0 atom stereocenters. The molecule has 0 bridgehead atoms. The van der Waals surface area contributed by atoms with E-state index in [1.165, 1.54) is 35.2 Å². The Hall–Kier alpha value is 0.270. The van der Waals surface area contributed by atoms with Gasteiger partial charge in [-0.2, -0.15) is 13.2 Å². The normalized spacial score (nSPS) is 16.5. The third-order valence-electron chi connectivity index (χ3n) is 0.354. The first kappa shape index (κ1) is 8.27. The second-order valence-corrected chi connectivity index (χ2v) is 2.39. The van der Waals surface area contributed by atoms with E-state index in [4.69, 9.17) is 0 Å². The van der Waals surface area contributed by atoms with E-state index < -0.39 is 5.09 Å². The molecule has 0 unspecified atom stereocenters. The van der Waals surface area contributed by atoms with Crippen molar-refractivity contribution in [2.24, 2.45) is 0 Å². The molecule has 1 saturated carbocycles. The Labute approximate surface area is 54.2 Å². The van der Waals surface area contributed by atoms with Crippen LogP contribution in [-0.4, -0.2) is 5.09 Å². The van der Waals surface area contributed by atoms with Crippen molar-refractivity contribution in [1.82, 2.24) is 0 Å². The van der Waals surface area contributed by atoms with E-state index in [0.29, 0.717) is 0 Å². The van der Waals surface area contributed by atoms with E-state index >= 15 is 0 Å². The van der Waals surface area contributed by atoms with Gasteiger partial charge in [0, 0.05) is 15.9 Å². The van der Waals surface area contributed by atoms with Crippen molar-refractivity contribution in [1.29, 1.82) is 0 Å². The van der Waals surface area contributed by atoms with Gasteiger partial charge in [0.1, 0.15) is 0 Å². The van der Waals surface area contributed by atoms with Gasteiger partial charge < -0.3 is 0 Å². The van der Waals surface area contributed by atoms with Crippen LogP contribution in [0.15, 0.2) is 0 Å². The molecule has 0 heterocycles. The molecule has 0 aliphatic heterocycles. The van der Waals surface area contributed by atoms with Crippen molar-refractivity contribution >= 4 is 15.9 Å². The van der Waals surface area contributed by atoms with Crippen LogP contribution in [0.2, 0.25) is 0 Å². The van der Waals surface area contributed by atoms with Crippen molar-refractivity contribution in [3.05, 3.63) is 0 Å². The molecule has 0 aromatic heterocycles. The van der Waals surface area contributed by atoms with Gasteiger partial charge in [-0.25, -0.2) is 0 Å². The van der Waals surface area contributed by atoms with Crippen LogP contribution in [0.1, 0.15) is 19.3 Å². The molecule has 1 fully saturated rings. The van der Waals surface area contributed by atoms with E-state index in [9.17, 15) is 13.2 Å². The smallest absolute Gasteiger partial charge is 0.160 e. The lowest BCUT2D eigenvalue weighted by Gasteiger charge is -1.85. The predicted molar refractivity (Wildman–Crippen MR) is 28.8 cm³/mol. The van der Waals surface area contributed by atoms with Crippen molar-refractivity contribution in [3.8, 4) is 0 Å². The molecule has 1 rings (SSSR count). The van der Waals surface area contributed by atoms with Crippen LogP contribution >= 0.6 is 15.9 Å². The molecule has 4 heteroatoms. The summed E-state index contributed by atoms with van der Waals surface area (Å²) in [4.78, 5) is 0. The Morgan fingerprint density at radius 2 is 1.12 bits per heavy atom. The molecule has 8 heavy (non-hydrogen) atoms. The molecule has 0 aromatic rings. The van der Waals surface area contributed by atoms with Crippen LogP contribution < -0.4 is 0 Å². The highest BCUT2D eigenvalue weighted by molar-refractivity contribution is 9.09. The van der Waals surface area contributed by atoms with Crippen LogP contribution in [0.3, 0.4) is 0 Å². The summed E-state index contributed by atoms with van der Waals surface area (Å²) in [6.45, 7) is 0. The fraction of sp³-hybridized carbons (Fsp3) is 1.00. The van der Waals surface area contributed by atoms with Gasteiger partial charge in [-0.3, -0.25) is 0 Å².